The van der Waals surface area contributed by atoms with Gasteiger partial charge in [0.05, 0.1) is 6.61 Å². The van der Waals surface area contributed by atoms with Gasteiger partial charge in [-0.1, -0.05) is 0 Å². The van der Waals surface area contributed by atoms with Crippen molar-refractivity contribution in [3.05, 3.63) is 29.8 Å². The zero-order valence-corrected chi connectivity index (χ0v) is 6.58. The fourth-order valence-electron chi connectivity index (χ4n) is 0.737. The predicted octanol–water partition coefficient (Wildman–Crippen LogP) is 1.40. The molecule has 0 fully saturated rings. The summed E-state index contributed by atoms with van der Waals surface area (Å²) in [5.74, 6) is -1.29. The Labute approximate surface area is 69.2 Å². The highest BCUT2D eigenvalue weighted by molar-refractivity contribution is 5.89. The molecule has 1 aromatic heterocycles. The summed E-state index contributed by atoms with van der Waals surface area (Å²) in [5.41, 5.74) is -0.126. The molecule has 1 aromatic rings. The molecule has 0 N–H and O–H groups in total. The van der Waals surface area contributed by atoms with Crippen LogP contribution in [0.1, 0.15) is 17.3 Å². The molecule has 0 atom stereocenters. The Hall–Kier alpha value is -1.45. The lowest BCUT2D eigenvalue weighted by atomic mass is 10.3. The first-order valence-electron chi connectivity index (χ1n) is 3.52. The van der Waals surface area contributed by atoms with Gasteiger partial charge in [-0.05, 0) is 13.0 Å². The topological polar surface area (TPSA) is 39.2 Å². The van der Waals surface area contributed by atoms with Crippen LogP contribution in [-0.2, 0) is 4.74 Å². The first-order valence-corrected chi connectivity index (χ1v) is 3.52. The maximum absolute atomic E-state index is 12.8. The van der Waals surface area contributed by atoms with Gasteiger partial charge in [-0.2, -0.15) is 0 Å². The minimum absolute atomic E-state index is 0.126. The molecule has 12 heavy (non-hydrogen) atoms. The van der Waals surface area contributed by atoms with Crippen LogP contribution in [0.2, 0.25) is 0 Å². The van der Waals surface area contributed by atoms with E-state index in [0.717, 1.165) is 12.3 Å². The van der Waals surface area contributed by atoms with E-state index in [2.05, 4.69) is 9.72 Å². The van der Waals surface area contributed by atoms with E-state index in [-0.39, 0.29) is 12.2 Å². The summed E-state index contributed by atoms with van der Waals surface area (Å²) >= 11 is 0. The Morgan fingerprint density at radius 1 is 1.75 bits per heavy atom. The minimum atomic E-state index is -0.678. The monoisotopic (exact) mass is 169 g/mol. The average molecular weight is 169 g/mol. The molecule has 0 amide bonds. The van der Waals surface area contributed by atoms with Crippen molar-refractivity contribution in [1.29, 1.82) is 0 Å². The molecule has 0 bridgehead atoms. The second-order valence-electron chi connectivity index (χ2n) is 2.08. The Bertz CT molecular complexity index is 288. The fourth-order valence-corrected chi connectivity index (χ4v) is 0.737. The van der Waals surface area contributed by atoms with Crippen LogP contribution in [0.5, 0.6) is 0 Å². The lowest BCUT2D eigenvalue weighted by Gasteiger charge is -2.00. The quantitative estimate of drug-likeness (QED) is 0.628. The zero-order chi connectivity index (χ0) is 8.97. The van der Waals surface area contributed by atoms with E-state index in [1.807, 2.05) is 0 Å². The lowest BCUT2D eigenvalue weighted by molar-refractivity contribution is 0.0520. The summed E-state index contributed by atoms with van der Waals surface area (Å²) in [6.07, 6.45) is 2.42. The van der Waals surface area contributed by atoms with E-state index in [4.69, 9.17) is 0 Å². The summed E-state index contributed by atoms with van der Waals surface area (Å²) in [4.78, 5) is 14.6. The van der Waals surface area contributed by atoms with Crippen LogP contribution in [0.3, 0.4) is 0 Å². The molecule has 4 heteroatoms. The number of esters is 1. The number of carbonyl (C=O) groups excluding carboxylic acids is 1. The lowest BCUT2D eigenvalue weighted by Crippen LogP contribution is -2.07. The summed E-state index contributed by atoms with van der Waals surface area (Å²) in [5, 5.41) is 0. The molecule has 1 rings (SSSR count). The van der Waals surface area contributed by atoms with Crippen LogP contribution in [0, 0.1) is 5.82 Å². The van der Waals surface area contributed by atoms with Gasteiger partial charge < -0.3 is 4.74 Å². The van der Waals surface area contributed by atoms with Crippen molar-refractivity contribution in [2.75, 3.05) is 6.61 Å². The van der Waals surface area contributed by atoms with E-state index in [1.54, 1.807) is 6.92 Å². The molecule has 0 aliphatic heterocycles. The smallest absolute Gasteiger partial charge is 0.342 e. The molecule has 0 saturated carbocycles. The average Bonchev–Trinajstić information content (AvgIpc) is 2.05. The van der Waals surface area contributed by atoms with Crippen LogP contribution < -0.4 is 0 Å². The van der Waals surface area contributed by atoms with Crippen molar-refractivity contribution in [3.63, 3.8) is 0 Å². The third-order valence-electron chi connectivity index (χ3n) is 1.26. The van der Waals surface area contributed by atoms with Crippen molar-refractivity contribution in [2.24, 2.45) is 0 Å². The first-order chi connectivity index (χ1) is 5.75. The van der Waals surface area contributed by atoms with E-state index < -0.39 is 11.8 Å². The van der Waals surface area contributed by atoms with Crippen LogP contribution >= 0.6 is 0 Å². The van der Waals surface area contributed by atoms with Crippen LogP contribution in [0.15, 0.2) is 18.5 Å². The van der Waals surface area contributed by atoms with Crippen molar-refractivity contribution < 1.29 is 13.9 Å². The van der Waals surface area contributed by atoms with E-state index in [1.165, 1.54) is 6.20 Å². The maximum Gasteiger partial charge on any atom is 0.342 e. The van der Waals surface area contributed by atoms with Crippen LogP contribution in [-0.4, -0.2) is 17.6 Å². The number of hydrogen-bond donors (Lipinski definition) is 0. The van der Waals surface area contributed by atoms with Crippen molar-refractivity contribution in [3.8, 4) is 0 Å². The van der Waals surface area contributed by atoms with E-state index in [9.17, 15) is 9.18 Å². The summed E-state index contributed by atoms with van der Waals surface area (Å²) in [6, 6.07) is 1.12. The predicted molar refractivity (Wildman–Crippen MR) is 40.2 cm³/mol. The number of ether oxygens (including phenoxy) is 1. The Morgan fingerprint density at radius 3 is 3.08 bits per heavy atom. The number of aromatic nitrogens is 1. The largest absolute Gasteiger partial charge is 0.462 e. The minimum Gasteiger partial charge on any atom is -0.462 e. The number of nitrogens with zero attached hydrogens (tertiary/aromatic N) is 1. The molecule has 1 heterocycles. The van der Waals surface area contributed by atoms with Gasteiger partial charge in [-0.3, -0.25) is 4.98 Å². The third-order valence-corrected chi connectivity index (χ3v) is 1.26. The van der Waals surface area contributed by atoms with Gasteiger partial charge in [0.25, 0.3) is 0 Å². The molecular formula is C8H8FNO2. The number of carbonyl (C=O) groups is 1. The Balaban J connectivity index is 2.87. The van der Waals surface area contributed by atoms with Crippen LogP contribution in [0.25, 0.3) is 0 Å². The van der Waals surface area contributed by atoms with E-state index >= 15 is 0 Å². The Kier molecular flexibility index (Phi) is 2.74. The molecule has 64 valence electrons. The van der Waals surface area contributed by atoms with Gasteiger partial charge in [0.15, 0.2) is 0 Å². The van der Waals surface area contributed by atoms with Gasteiger partial charge in [-0.15, -0.1) is 0 Å². The molecule has 3 nitrogen and oxygen atoms in total. The Morgan fingerprint density at radius 2 is 2.50 bits per heavy atom. The fraction of sp³-hybridized carbons (Fsp3) is 0.250. The van der Waals surface area contributed by atoms with Crippen molar-refractivity contribution >= 4 is 5.97 Å². The molecule has 0 aliphatic rings. The molecule has 0 unspecified atom stereocenters. The summed E-state index contributed by atoms with van der Waals surface area (Å²) in [7, 11) is 0. The molecule has 0 aliphatic carbocycles. The number of rotatable bonds is 2. The summed E-state index contributed by atoms with van der Waals surface area (Å²) < 4.78 is 17.4. The normalized spacial score (nSPS) is 9.50. The SMILES string of the molecule is CCOC(=O)c1cnccc1F. The highest BCUT2D eigenvalue weighted by Crippen LogP contribution is 2.05. The first kappa shape index (κ1) is 8.64. The number of hydrogen-bond acceptors (Lipinski definition) is 3. The van der Waals surface area contributed by atoms with Gasteiger partial charge >= 0.3 is 5.97 Å². The molecular weight excluding hydrogens is 161 g/mol. The van der Waals surface area contributed by atoms with Gasteiger partial charge in [-0.25, -0.2) is 9.18 Å². The highest BCUT2D eigenvalue weighted by Gasteiger charge is 2.11. The van der Waals surface area contributed by atoms with Gasteiger partial charge in [0.2, 0.25) is 0 Å². The zero-order valence-electron chi connectivity index (χ0n) is 6.58. The molecule has 0 saturated heterocycles. The third kappa shape index (κ3) is 1.78. The maximum atomic E-state index is 12.8. The molecule has 0 aromatic carbocycles. The summed E-state index contributed by atoms with van der Waals surface area (Å²) in [6.45, 7) is 1.89. The molecule has 0 radical (unpaired) electrons. The highest BCUT2D eigenvalue weighted by atomic mass is 19.1. The van der Waals surface area contributed by atoms with Gasteiger partial charge in [0.1, 0.15) is 11.4 Å². The van der Waals surface area contributed by atoms with Crippen molar-refractivity contribution in [2.45, 2.75) is 6.92 Å². The standard InChI is InChI=1S/C8H8FNO2/c1-2-12-8(11)6-5-10-4-3-7(6)9/h3-5H,2H2,1H3. The second-order valence-corrected chi connectivity index (χ2v) is 2.08. The molecule has 0 spiro atoms. The number of halogens is 1. The number of pyridine rings is 1. The van der Waals surface area contributed by atoms with Crippen LogP contribution in [0.4, 0.5) is 4.39 Å². The second kappa shape index (κ2) is 3.80. The van der Waals surface area contributed by atoms with Gasteiger partial charge in [0, 0.05) is 12.4 Å². The van der Waals surface area contributed by atoms with Crippen molar-refractivity contribution in [1.82, 2.24) is 4.98 Å². The van der Waals surface area contributed by atoms with E-state index in [0.29, 0.717) is 0 Å².